The van der Waals surface area contributed by atoms with Gasteiger partial charge in [0.1, 0.15) is 0 Å². The van der Waals surface area contributed by atoms with Gasteiger partial charge in [-0.25, -0.2) is 0 Å². The summed E-state index contributed by atoms with van der Waals surface area (Å²) in [6, 6.07) is 0. The predicted molar refractivity (Wildman–Crippen MR) is 56.4 cm³/mol. The smallest absolute Gasteiger partial charge is 0.0903 e. The minimum Gasteiger partial charge on any atom is -0.385 e. The highest BCUT2D eigenvalue weighted by Crippen LogP contribution is 2.40. The molecule has 0 aromatic carbocycles. The summed E-state index contributed by atoms with van der Waals surface area (Å²) in [5.74, 6) is 1.15. The molecule has 1 nitrogen and oxygen atoms in total. The topological polar surface area (TPSA) is 20.2 Å². The van der Waals surface area contributed by atoms with Gasteiger partial charge in [0.15, 0.2) is 0 Å². The summed E-state index contributed by atoms with van der Waals surface area (Å²) in [6.07, 6.45) is 7.71. The molecule has 0 bridgehead atoms. The maximum Gasteiger partial charge on any atom is 0.0903 e. The molecule has 0 atom stereocenters. The van der Waals surface area contributed by atoms with Gasteiger partial charge in [-0.2, -0.15) is 0 Å². The SMILES string of the molecule is CC(C)C1(C(C)C)C=CC(O)C=C1. The van der Waals surface area contributed by atoms with E-state index >= 15 is 0 Å². The van der Waals surface area contributed by atoms with Gasteiger partial charge in [-0.05, 0) is 11.8 Å². The van der Waals surface area contributed by atoms with E-state index in [0.29, 0.717) is 11.8 Å². The first-order chi connectivity index (χ1) is 5.99. The van der Waals surface area contributed by atoms with Gasteiger partial charge in [0, 0.05) is 5.41 Å². The van der Waals surface area contributed by atoms with Crippen molar-refractivity contribution in [1.82, 2.24) is 0 Å². The number of rotatable bonds is 2. The Morgan fingerprint density at radius 3 is 1.69 bits per heavy atom. The fourth-order valence-electron chi connectivity index (χ4n) is 2.09. The van der Waals surface area contributed by atoms with Crippen LogP contribution in [0.4, 0.5) is 0 Å². The van der Waals surface area contributed by atoms with Crippen molar-refractivity contribution in [1.29, 1.82) is 0 Å². The van der Waals surface area contributed by atoms with Crippen LogP contribution in [0.2, 0.25) is 0 Å². The highest BCUT2D eigenvalue weighted by molar-refractivity contribution is 5.23. The van der Waals surface area contributed by atoms with Crippen LogP contribution >= 0.6 is 0 Å². The Labute approximate surface area is 81.2 Å². The van der Waals surface area contributed by atoms with Crippen molar-refractivity contribution in [2.45, 2.75) is 33.8 Å². The summed E-state index contributed by atoms with van der Waals surface area (Å²) in [7, 11) is 0. The van der Waals surface area contributed by atoms with E-state index in [2.05, 4.69) is 39.8 Å². The van der Waals surface area contributed by atoms with Gasteiger partial charge in [0.25, 0.3) is 0 Å². The Balaban J connectivity index is 2.95. The molecule has 1 rings (SSSR count). The van der Waals surface area contributed by atoms with Gasteiger partial charge < -0.3 is 5.11 Å². The zero-order valence-corrected chi connectivity index (χ0v) is 8.99. The lowest BCUT2D eigenvalue weighted by Gasteiger charge is -2.38. The zero-order chi connectivity index (χ0) is 10.1. The molecule has 0 saturated carbocycles. The third kappa shape index (κ3) is 1.86. The number of allylic oxidation sites excluding steroid dienone is 2. The third-order valence-electron chi connectivity index (χ3n) is 3.16. The average Bonchev–Trinajstić information content (AvgIpc) is 2.04. The van der Waals surface area contributed by atoms with E-state index in [1.54, 1.807) is 0 Å². The van der Waals surface area contributed by atoms with Gasteiger partial charge in [-0.15, -0.1) is 0 Å². The first-order valence-corrected chi connectivity index (χ1v) is 5.06. The van der Waals surface area contributed by atoms with Crippen molar-refractivity contribution < 1.29 is 5.11 Å². The van der Waals surface area contributed by atoms with Crippen LogP contribution in [0.25, 0.3) is 0 Å². The lowest BCUT2D eigenvalue weighted by Crippen LogP contribution is -2.31. The molecule has 0 aliphatic heterocycles. The molecule has 0 aromatic heterocycles. The van der Waals surface area contributed by atoms with Crippen LogP contribution in [0.3, 0.4) is 0 Å². The van der Waals surface area contributed by atoms with Crippen molar-refractivity contribution >= 4 is 0 Å². The molecule has 0 unspecified atom stereocenters. The van der Waals surface area contributed by atoms with Crippen molar-refractivity contribution in [3.05, 3.63) is 24.3 Å². The van der Waals surface area contributed by atoms with Crippen molar-refractivity contribution in [3.63, 3.8) is 0 Å². The van der Waals surface area contributed by atoms with Crippen molar-refractivity contribution in [2.24, 2.45) is 17.3 Å². The summed E-state index contributed by atoms with van der Waals surface area (Å²) >= 11 is 0. The second-order valence-corrected chi connectivity index (χ2v) is 4.52. The Morgan fingerprint density at radius 1 is 1.00 bits per heavy atom. The maximum atomic E-state index is 9.33. The molecule has 1 aliphatic rings. The monoisotopic (exact) mass is 180 g/mol. The largest absolute Gasteiger partial charge is 0.385 e. The molecule has 0 amide bonds. The van der Waals surface area contributed by atoms with Crippen molar-refractivity contribution in [3.8, 4) is 0 Å². The standard InChI is InChI=1S/C12H20O/c1-9(2)12(10(3)4)7-5-11(13)6-8-12/h5-11,13H,1-4H3. The molecule has 0 heterocycles. The molecule has 0 spiro atoms. The third-order valence-corrected chi connectivity index (χ3v) is 3.16. The van der Waals surface area contributed by atoms with Gasteiger partial charge in [-0.1, -0.05) is 52.0 Å². The molecule has 13 heavy (non-hydrogen) atoms. The van der Waals surface area contributed by atoms with Crippen molar-refractivity contribution in [2.75, 3.05) is 0 Å². The lowest BCUT2D eigenvalue weighted by atomic mass is 9.67. The number of aliphatic hydroxyl groups is 1. The highest BCUT2D eigenvalue weighted by Gasteiger charge is 2.33. The quantitative estimate of drug-likeness (QED) is 0.648. The van der Waals surface area contributed by atoms with Crippen LogP contribution in [0.15, 0.2) is 24.3 Å². The Morgan fingerprint density at radius 2 is 1.38 bits per heavy atom. The van der Waals surface area contributed by atoms with Crippen LogP contribution in [0, 0.1) is 17.3 Å². The highest BCUT2D eigenvalue weighted by atomic mass is 16.3. The van der Waals surface area contributed by atoms with Crippen LogP contribution in [0.1, 0.15) is 27.7 Å². The first kappa shape index (κ1) is 10.5. The summed E-state index contributed by atoms with van der Waals surface area (Å²) in [5, 5.41) is 9.33. The molecular formula is C12H20O. The lowest BCUT2D eigenvalue weighted by molar-refractivity contribution is 0.220. The second-order valence-electron chi connectivity index (χ2n) is 4.52. The minimum absolute atomic E-state index is 0.138. The van der Waals surface area contributed by atoms with E-state index in [0.717, 1.165) is 0 Å². The van der Waals surface area contributed by atoms with E-state index in [1.807, 2.05) is 12.2 Å². The summed E-state index contributed by atoms with van der Waals surface area (Å²) in [5.41, 5.74) is 0.138. The minimum atomic E-state index is -0.384. The van der Waals surface area contributed by atoms with Gasteiger partial charge >= 0.3 is 0 Å². The molecule has 1 aliphatic carbocycles. The first-order valence-electron chi connectivity index (χ1n) is 5.06. The number of hydrogen-bond acceptors (Lipinski definition) is 1. The van der Waals surface area contributed by atoms with Gasteiger partial charge in [0.05, 0.1) is 6.10 Å². The fraction of sp³-hybridized carbons (Fsp3) is 0.667. The maximum absolute atomic E-state index is 9.33. The Hall–Kier alpha value is -0.560. The molecule has 74 valence electrons. The predicted octanol–water partition coefficient (Wildman–Crippen LogP) is 2.77. The van der Waals surface area contributed by atoms with E-state index in [1.165, 1.54) is 0 Å². The molecular weight excluding hydrogens is 160 g/mol. The Kier molecular flexibility index (Phi) is 2.97. The van der Waals surface area contributed by atoms with E-state index in [4.69, 9.17) is 0 Å². The summed E-state index contributed by atoms with van der Waals surface area (Å²) in [4.78, 5) is 0. The van der Waals surface area contributed by atoms with Crippen LogP contribution in [-0.2, 0) is 0 Å². The molecule has 1 heteroatoms. The average molecular weight is 180 g/mol. The molecule has 0 fully saturated rings. The molecule has 0 aromatic rings. The van der Waals surface area contributed by atoms with E-state index in [9.17, 15) is 5.11 Å². The van der Waals surface area contributed by atoms with Crippen LogP contribution in [0.5, 0.6) is 0 Å². The Bertz CT molecular complexity index is 199. The zero-order valence-electron chi connectivity index (χ0n) is 8.99. The normalized spacial score (nSPS) is 21.8. The van der Waals surface area contributed by atoms with E-state index < -0.39 is 0 Å². The molecule has 1 N–H and O–H groups in total. The molecule has 0 radical (unpaired) electrons. The fourth-order valence-corrected chi connectivity index (χ4v) is 2.09. The summed E-state index contributed by atoms with van der Waals surface area (Å²) in [6.45, 7) is 8.91. The summed E-state index contributed by atoms with van der Waals surface area (Å²) < 4.78 is 0. The number of hydrogen-bond donors (Lipinski definition) is 1. The van der Waals surface area contributed by atoms with E-state index in [-0.39, 0.29) is 11.5 Å². The van der Waals surface area contributed by atoms with Gasteiger partial charge in [-0.3, -0.25) is 0 Å². The van der Waals surface area contributed by atoms with Gasteiger partial charge in [0.2, 0.25) is 0 Å². The van der Waals surface area contributed by atoms with Crippen LogP contribution in [-0.4, -0.2) is 11.2 Å². The second kappa shape index (κ2) is 3.67. The van der Waals surface area contributed by atoms with Crippen LogP contribution < -0.4 is 0 Å². The molecule has 0 saturated heterocycles. The number of aliphatic hydroxyl groups excluding tert-OH is 1.